The third kappa shape index (κ3) is 3.52. The van der Waals surface area contributed by atoms with E-state index in [1.165, 1.54) is 0 Å². The Hall–Kier alpha value is -2.08. The molecular weight excluding hydrogens is 334 g/mol. The minimum Gasteiger partial charge on any atom is -0.439 e. The van der Waals surface area contributed by atoms with Crippen LogP contribution in [0.1, 0.15) is 22.4 Å². The van der Waals surface area contributed by atoms with Crippen molar-refractivity contribution >= 4 is 21.8 Å². The van der Waals surface area contributed by atoms with Crippen LogP contribution in [0.15, 0.2) is 33.9 Å². The molecule has 0 fully saturated rings. The maximum atomic E-state index is 8.76. The van der Waals surface area contributed by atoms with Crippen LogP contribution in [0.2, 0.25) is 0 Å². The standard InChI is InChI=1S/C15H16BrN3O2/c1-8-4-12(5-9(2)14(8)16)21-13-7-11(15(17)19-20)6-10(3)18-13/h4-7,20H,1-3H3,(H2,17,19). The Labute approximate surface area is 131 Å². The number of aromatic nitrogens is 1. The van der Waals surface area contributed by atoms with E-state index in [4.69, 9.17) is 15.7 Å². The van der Waals surface area contributed by atoms with E-state index >= 15 is 0 Å². The first-order valence-corrected chi connectivity index (χ1v) is 7.11. The second kappa shape index (κ2) is 6.13. The normalized spacial score (nSPS) is 11.5. The highest BCUT2D eigenvalue weighted by Gasteiger charge is 2.08. The molecule has 3 N–H and O–H groups in total. The fourth-order valence-electron chi connectivity index (χ4n) is 1.98. The Bertz CT molecular complexity index is 691. The van der Waals surface area contributed by atoms with Gasteiger partial charge < -0.3 is 15.7 Å². The van der Waals surface area contributed by atoms with Crippen molar-refractivity contribution in [1.29, 1.82) is 0 Å². The van der Waals surface area contributed by atoms with E-state index in [1.54, 1.807) is 12.1 Å². The average molecular weight is 350 g/mol. The Balaban J connectivity index is 2.38. The van der Waals surface area contributed by atoms with Gasteiger partial charge in [-0.25, -0.2) is 4.98 Å². The van der Waals surface area contributed by atoms with Crippen LogP contribution in [0.4, 0.5) is 0 Å². The predicted octanol–water partition coefficient (Wildman–Crippen LogP) is 3.66. The molecule has 21 heavy (non-hydrogen) atoms. The third-order valence-electron chi connectivity index (χ3n) is 2.97. The van der Waals surface area contributed by atoms with Crippen LogP contribution < -0.4 is 10.5 Å². The van der Waals surface area contributed by atoms with Gasteiger partial charge in [0.25, 0.3) is 0 Å². The predicted molar refractivity (Wildman–Crippen MR) is 85.2 cm³/mol. The molecule has 0 saturated carbocycles. The Morgan fingerprint density at radius 1 is 1.19 bits per heavy atom. The first kappa shape index (κ1) is 15.3. The maximum Gasteiger partial charge on any atom is 0.220 e. The van der Waals surface area contributed by atoms with Crippen molar-refractivity contribution in [3.63, 3.8) is 0 Å². The largest absolute Gasteiger partial charge is 0.439 e. The topological polar surface area (TPSA) is 80.7 Å². The summed E-state index contributed by atoms with van der Waals surface area (Å²) in [5.74, 6) is 1.11. The Kier molecular flexibility index (Phi) is 4.47. The molecule has 0 radical (unpaired) electrons. The number of amidine groups is 1. The number of oxime groups is 1. The molecule has 0 atom stereocenters. The van der Waals surface area contributed by atoms with Crippen molar-refractivity contribution in [2.75, 3.05) is 0 Å². The highest BCUT2D eigenvalue weighted by molar-refractivity contribution is 9.10. The number of aryl methyl sites for hydroxylation is 3. The van der Waals surface area contributed by atoms with Gasteiger partial charge in [-0.1, -0.05) is 21.1 Å². The van der Waals surface area contributed by atoms with Gasteiger partial charge in [0.1, 0.15) is 5.75 Å². The minimum absolute atomic E-state index is 0.0218. The summed E-state index contributed by atoms with van der Waals surface area (Å²) in [7, 11) is 0. The van der Waals surface area contributed by atoms with Crippen LogP contribution in [0.25, 0.3) is 0 Å². The molecule has 0 bridgehead atoms. The van der Waals surface area contributed by atoms with Gasteiger partial charge in [-0.3, -0.25) is 0 Å². The summed E-state index contributed by atoms with van der Waals surface area (Å²) in [5.41, 5.74) is 9.04. The summed E-state index contributed by atoms with van der Waals surface area (Å²) in [6.45, 7) is 5.81. The van der Waals surface area contributed by atoms with Crippen molar-refractivity contribution < 1.29 is 9.94 Å². The van der Waals surface area contributed by atoms with Crippen molar-refractivity contribution in [3.05, 3.63) is 51.1 Å². The van der Waals surface area contributed by atoms with Crippen molar-refractivity contribution in [1.82, 2.24) is 4.98 Å². The number of hydrogen-bond donors (Lipinski definition) is 2. The molecule has 2 rings (SSSR count). The third-order valence-corrected chi connectivity index (χ3v) is 4.22. The van der Waals surface area contributed by atoms with E-state index in [1.807, 2.05) is 32.9 Å². The second-order valence-electron chi connectivity index (χ2n) is 4.79. The van der Waals surface area contributed by atoms with E-state index in [-0.39, 0.29) is 5.84 Å². The molecule has 0 spiro atoms. The fraction of sp³-hybridized carbons (Fsp3) is 0.200. The molecule has 0 amide bonds. The molecule has 1 aromatic heterocycles. The van der Waals surface area contributed by atoms with Crippen LogP contribution >= 0.6 is 15.9 Å². The van der Waals surface area contributed by atoms with E-state index in [9.17, 15) is 0 Å². The van der Waals surface area contributed by atoms with Crippen LogP contribution in [0.5, 0.6) is 11.6 Å². The first-order chi connectivity index (χ1) is 9.90. The molecule has 1 heterocycles. The number of nitrogens with two attached hydrogens (primary N) is 1. The summed E-state index contributed by atoms with van der Waals surface area (Å²) in [4.78, 5) is 4.30. The number of halogens is 1. The number of nitrogens with zero attached hydrogens (tertiary/aromatic N) is 2. The number of benzene rings is 1. The van der Waals surface area contributed by atoms with Gasteiger partial charge in [0.15, 0.2) is 5.84 Å². The number of pyridine rings is 1. The van der Waals surface area contributed by atoms with Crippen LogP contribution in [-0.2, 0) is 0 Å². The summed E-state index contributed by atoms with van der Waals surface area (Å²) >= 11 is 3.52. The van der Waals surface area contributed by atoms with Gasteiger partial charge in [-0.05, 0) is 50.1 Å². The summed E-state index contributed by atoms with van der Waals surface area (Å²) in [6, 6.07) is 7.20. The van der Waals surface area contributed by atoms with Crippen molar-refractivity contribution in [2.45, 2.75) is 20.8 Å². The Morgan fingerprint density at radius 3 is 2.38 bits per heavy atom. The summed E-state index contributed by atoms with van der Waals surface area (Å²) < 4.78 is 6.85. The van der Waals surface area contributed by atoms with Gasteiger partial charge in [0.05, 0.1) is 0 Å². The highest BCUT2D eigenvalue weighted by atomic mass is 79.9. The summed E-state index contributed by atoms with van der Waals surface area (Å²) in [5, 5.41) is 11.8. The zero-order valence-corrected chi connectivity index (χ0v) is 13.6. The van der Waals surface area contributed by atoms with Gasteiger partial charge in [-0.2, -0.15) is 0 Å². The monoisotopic (exact) mass is 349 g/mol. The van der Waals surface area contributed by atoms with E-state index in [0.29, 0.717) is 17.2 Å². The summed E-state index contributed by atoms with van der Waals surface area (Å²) in [6.07, 6.45) is 0. The maximum absolute atomic E-state index is 8.76. The molecule has 2 aromatic rings. The molecule has 0 unspecified atom stereocenters. The first-order valence-electron chi connectivity index (χ1n) is 6.32. The van der Waals surface area contributed by atoms with Crippen molar-refractivity contribution in [3.8, 4) is 11.6 Å². The van der Waals surface area contributed by atoms with Crippen LogP contribution in [0.3, 0.4) is 0 Å². The van der Waals surface area contributed by atoms with Gasteiger partial charge in [0, 0.05) is 21.8 Å². The molecule has 5 nitrogen and oxygen atoms in total. The molecular formula is C15H16BrN3O2. The van der Waals surface area contributed by atoms with E-state index < -0.39 is 0 Å². The molecule has 0 aliphatic heterocycles. The lowest BCUT2D eigenvalue weighted by Gasteiger charge is -2.10. The molecule has 0 saturated heterocycles. The quantitative estimate of drug-likeness (QED) is 0.383. The Morgan fingerprint density at radius 2 is 1.81 bits per heavy atom. The molecule has 0 aliphatic carbocycles. The van der Waals surface area contributed by atoms with Gasteiger partial charge >= 0.3 is 0 Å². The zero-order chi connectivity index (χ0) is 15.6. The molecule has 1 aromatic carbocycles. The highest BCUT2D eigenvalue weighted by Crippen LogP contribution is 2.29. The lowest BCUT2D eigenvalue weighted by Crippen LogP contribution is -2.13. The van der Waals surface area contributed by atoms with Crippen LogP contribution in [-0.4, -0.2) is 16.0 Å². The van der Waals surface area contributed by atoms with E-state index in [0.717, 1.165) is 21.3 Å². The fourth-order valence-corrected chi connectivity index (χ4v) is 2.21. The smallest absolute Gasteiger partial charge is 0.220 e. The number of rotatable bonds is 3. The SMILES string of the molecule is Cc1cc(/C(N)=N/O)cc(Oc2cc(C)c(Br)c(C)c2)n1. The molecule has 6 heteroatoms. The van der Waals surface area contributed by atoms with Crippen molar-refractivity contribution in [2.24, 2.45) is 10.9 Å². The minimum atomic E-state index is 0.0218. The van der Waals surface area contributed by atoms with Gasteiger partial charge in [-0.15, -0.1) is 0 Å². The molecule has 110 valence electrons. The zero-order valence-electron chi connectivity index (χ0n) is 12.0. The van der Waals surface area contributed by atoms with E-state index in [2.05, 4.69) is 26.1 Å². The number of ether oxygens (including phenoxy) is 1. The van der Waals surface area contributed by atoms with Gasteiger partial charge in [0.2, 0.25) is 5.88 Å². The average Bonchev–Trinajstić information content (AvgIpc) is 2.43. The number of hydrogen-bond acceptors (Lipinski definition) is 4. The van der Waals surface area contributed by atoms with Crippen LogP contribution in [0, 0.1) is 20.8 Å². The molecule has 0 aliphatic rings. The lowest BCUT2D eigenvalue weighted by molar-refractivity contribution is 0.318. The lowest BCUT2D eigenvalue weighted by atomic mass is 10.1. The second-order valence-corrected chi connectivity index (χ2v) is 5.59.